The maximum atomic E-state index is 13.7. The van der Waals surface area contributed by atoms with Gasteiger partial charge in [0.2, 0.25) is 0 Å². The smallest absolute Gasteiger partial charge is 0.314 e. The number of halogens is 4. The fraction of sp³-hybridized carbons (Fsp3) is 0.414. The van der Waals surface area contributed by atoms with E-state index in [-0.39, 0.29) is 40.9 Å². The quantitative estimate of drug-likeness (QED) is 0.279. The second kappa shape index (κ2) is 11.6. The molecule has 2 heterocycles. The van der Waals surface area contributed by atoms with Crippen LogP contribution in [0.25, 0.3) is 0 Å². The van der Waals surface area contributed by atoms with Crippen LogP contribution in [0.2, 0.25) is 5.02 Å². The lowest BCUT2D eigenvalue weighted by Gasteiger charge is -2.29. The average molecular weight is 705 g/mol. The van der Waals surface area contributed by atoms with Gasteiger partial charge in [-0.05, 0) is 64.1 Å². The second-order valence-corrected chi connectivity index (χ2v) is 16.6. The molecule has 0 saturated carbocycles. The van der Waals surface area contributed by atoms with Gasteiger partial charge in [0.05, 0.1) is 38.1 Å². The second-order valence-electron chi connectivity index (χ2n) is 12.2. The largest absolute Gasteiger partial charge is 0.417 e. The van der Waals surface area contributed by atoms with E-state index in [0.29, 0.717) is 12.3 Å². The van der Waals surface area contributed by atoms with E-state index in [2.05, 4.69) is 0 Å². The van der Waals surface area contributed by atoms with E-state index in [4.69, 9.17) is 11.6 Å². The summed E-state index contributed by atoms with van der Waals surface area (Å²) in [5.74, 6) is -0.569. The lowest BCUT2D eigenvalue weighted by atomic mass is 10.0. The Morgan fingerprint density at radius 2 is 1.33 bits per heavy atom. The number of anilines is 2. The van der Waals surface area contributed by atoms with Gasteiger partial charge in [-0.15, -0.1) is 0 Å². The highest BCUT2D eigenvalue weighted by Crippen LogP contribution is 2.39. The molecule has 0 unspecified atom stereocenters. The number of alkyl halides is 3. The molecule has 46 heavy (non-hydrogen) atoms. The molecule has 2 saturated heterocycles. The molecular formula is C29H32ClF3N4O7S2. The van der Waals surface area contributed by atoms with E-state index in [0.717, 1.165) is 28.2 Å². The van der Waals surface area contributed by atoms with Crippen molar-refractivity contribution in [2.45, 2.75) is 54.7 Å². The number of hydrogen-bond donors (Lipinski definition) is 0. The molecule has 2 aliphatic heterocycles. The Labute approximate surface area is 270 Å². The van der Waals surface area contributed by atoms with Crippen molar-refractivity contribution in [1.82, 2.24) is 9.80 Å². The molecule has 0 aliphatic carbocycles. The Bertz CT molecular complexity index is 1880. The molecule has 2 aromatic rings. The summed E-state index contributed by atoms with van der Waals surface area (Å²) in [6.45, 7) is 6.51. The van der Waals surface area contributed by atoms with Crippen molar-refractivity contribution in [2.24, 2.45) is 0 Å². The predicted molar refractivity (Wildman–Crippen MR) is 165 cm³/mol. The fourth-order valence-corrected chi connectivity index (χ4v) is 7.57. The van der Waals surface area contributed by atoms with E-state index in [1.165, 1.54) is 28.0 Å². The first-order valence-corrected chi connectivity index (χ1v) is 17.9. The predicted octanol–water partition coefficient (Wildman–Crippen LogP) is 4.99. The highest BCUT2D eigenvalue weighted by Gasteiger charge is 2.51. The van der Waals surface area contributed by atoms with Gasteiger partial charge in [-0.25, -0.2) is 31.3 Å². The van der Waals surface area contributed by atoms with Gasteiger partial charge in [0.25, 0.3) is 5.91 Å². The van der Waals surface area contributed by atoms with Gasteiger partial charge in [-0.1, -0.05) is 23.8 Å². The lowest BCUT2D eigenvalue weighted by Crippen LogP contribution is -2.44. The Kier molecular flexibility index (Phi) is 8.85. The van der Waals surface area contributed by atoms with Gasteiger partial charge in [0.1, 0.15) is 5.54 Å². The molecule has 17 heteroatoms. The summed E-state index contributed by atoms with van der Waals surface area (Å²) in [5, 5.41) is -0.148. The van der Waals surface area contributed by atoms with Crippen molar-refractivity contribution < 1.29 is 44.4 Å². The molecule has 0 aromatic heterocycles. The lowest BCUT2D eigenvalue weighted by molar-refractivity contribution is -0.139. The summed E-state index contributed by atoms with van der Waals surface area (Å²) >= 11 is 6.13. The van der Waals surface area contributed by atoms with Crippen LogP contribution in [0.1, 0.15) is 33.3 Å². The molecule has 2 aliphatic rings. The van der Waals surface area contributed by atoms with Gasteiger partial charge in [0, 0.05) is 31.3 Å². The molecule has 250 valence electrons. The van der Waals surface area contributed by atoms with Crippen molar-refractivity contribution in [1.29, 1.82) is 0 Å². The van der Waals surface area contributed by atoms with Crippen LogP contribution in [0.5, 0.6) is 0 Å². The van der Waals surface area contributed by atoms with Gasteiger partial charge in [-0.2, -0.15) is 13.2 Å². The summed E-state index contributed by atoms with van der Waals surface area (Å²) in [6.07, 6.45) is -0.157. The molecule has 2 fully saturated rings. The highest BCUT2D eigenvalue weighted by molar-refractivity contribution is 7.91. The number of urea groups is 2. The van der Waals surface area contributed by atoms with E-state index in [1.54, 1.807) is 39.8 Å². The molecule has 11 nitrogen and oxygen atoms in total. The summed E-state index contributed by atoms with van der Waals surface area (Å²) in [4.78, 5) is 43.7. The Hall–Kier alpha value is -3.63. The number of hydrogen-bond acceptors (Lipinski definition) is 7. The molecule has 5 amide bonds. The van der Waals surface area contributed by atoms with Crippen LogP contribution >= 0.6 is 11.6 Å². The number of imide groups is 1. The minimum atomic E-state index is -4.97. The third kappa shape index (κ3) is 6.47. The standard InChI is InChI=1S/C29H32ClF3N4O7S2/c1-27(2)17-34(18-9-11-22(45(5,41)42)20(15-18)29(31,32)33)25(39)35(27)13-7-8-14-36-26(40)37(24(38)28(36,3)4)19-10-12-23(21(30)16-19)46(6,43)44/h7-12,15-16H,13-14,17H2,1-6H3. The minimum absolute atomic E-state index is 0.0109. The maximum absolute atomic E-state index is 13.7. The molecule has 4 rings (SSSR count). The zero-order chi connectivity index (χ0) is 34.8. The summed E-state index contributed by atoms with van der Waals surface area (Å²) < 4.78 is 89.0. The Morgan fingerprint density at radius 3 is 1.85 bits per heavy atom. The van der Waals surface area contributed by atoms with E-state index < -0.39 is 65.4 Å². The molecule has 0 spiro atoms. The van der Waals surface area contributed by atoms with Crippen molar-refractivity contribution in [2.75, 3.05) is 41.9 Å². The molecule has 0 atom stereocenters. The normalized spacial score (nSPS) is 18.9. The number of nitrogens with zero attached hydrogens (tertiary/aromatic N) is 4. The van der Waals surface area contributed by atoms with E-state index in [9.17, 15) is 44.4 Å². The number of carbonyl (C=O) groups is 3. The van der Waals surface area contributed by atoms with Crippen molar-refractivity contribution in [3.05, 3.63) is 59.1 Å². The number of sulfone groups is 2. The summed E-state index contributed by atoms with van der Waals surface area (Å²) in [7, 11) is -7.83. The van der Waals surface area contributed by atoms with Crippen LogP contribution in [0.4, 0.5) is 34.1 Å². The Morgan fingerprint density at radius 1 is 0.804 bits per heavy atom. The van der Waals surface area contributed by atoms with Gasteiger partial charge in [-0.3, -0.25) is 9.69 Å². The van der Waals surface area contributed by atoms with Crippen LogP contribution in [-0.2, 0) is 30.6 Å². The van der Waals surface area contributed by atoms with Crippen LogP contribution in [0, 0.1) is 0 Å². The topological polar surface area (TPSA) is 132 Å². The van der Waals surface area contributed by atoms with E-state index in [1.807, 2.05) is 0 Å². The zero-order valence-electron chi connectivity index (χ0n) is 25.7. The Balaban J connectivity index is 1.52. The van der Waals surface area contributed by atoms with Crippen molar-refractivity contribution in [3.8, 4) is 0 Å². The number of rotatable bonds is 8. The first kappa shape index (κ1) is 35.2. The van der Waals surface area contributed by atoms with Gasteiger partial charge in [0.15, 0.2) is 19.7 Å². The van der Waals surface area contributed by atoms with Gasteiger partial charge >= 0.3 is 18.2 Å². The number of amides is 5. The summed E-state index contributed by atoms with van der Waals surface area (Å²) in [5.41, 5.74) is -3.53. The first-order valence-electron chi connectivity index (χ1n) is 13.7. The zero-order valence-corrected chi connectivity index (χ0v) is 28.1. The number of carbonyl (C=O) groups excluding carboxylic acids is 3. The third-order valence-corrected chi connectivity index (χ3v) is 10.6. The highest BCUT2D eigenvalue weighted by atomic mass is 35.5. The molecule has 0 bridgehead atoms. The third-order valence-electron chi connectivity index (χ3n) is 7.86. The molecule has 0 N–H and O–H groups in total. The SMILES string of the molecule is CC1(C)CN(c2ccc(S(C)(=O)=O)c(C(F)(F)F)c2)C(=O)N1CC=CCN1C(=O)N(c2ccc(S(C)(=O)=O)c(Cl)c2)C(=O)C1(C)C. The number of benzene rings is 2. The van der Waals surface area contributed by atoms with Crippen LogP contribution < -0.4 is 9.80 Å². The first-order chi connectivity index (χ1) is 20.9. The van der Waals surface area contributed by atoms with Crippen LogP contribution in [0.3, 0.4) is 0 Å². The summed E-state index contributed by atoms with van der Waals surface area (Å²) in [6, 6.07) is 5.11. The molecule has 0 radical (unpaired) electrons. The molecule has 2 aromatic carbocycles. The molecular weight excluding hydrogens is 673 g/mol. The van der Waals surface area contributed by atoms with Crippen LogP contribution in [0.15, 0.2) is 58.3 Å². The van der Waals surface area contributed by atoms with Crippen molar-refractivity contribution in [3.63, 3.8) is 0 Å². The fourth-order valence-electron chi connectivity index (χ4n) is 5.36. The minimum Gasteiger partial charge on any atom is -0.314 e. The maximum Gasteiger partial charge on any atom is 0.417 e. The van der Waals surface area contributed by atoms with Crippen molar-refractivity contribution >= 4 is 60.6 Å². The van der Waals surface area contributed by atoms with Gasteiger partial charge < -0.3 is 9.80 Å². The van der Waals surface area contributed by atoms with E-state index >= 15 is 0 Å². The monoisotopic (exact) mass is 704 g/mol. The average Bonchev–Trinajstić information content (AvgIpc) is 3.23. The van der Waals surface area contributed by atoms with Crippen LogP contribution in [-0.4, -0.2) is 87.8 Å².